The first-order chi connectivity index (χ1) is 10.5. The summed E-state index contributed by atoms with van der Waals surface area (Å²) in [5.74, 6) is -0.172. The molecule has 0 aliphatic carbocycles. The summed E-state index contributed by atoms with van der Waals surface area (Å²) in [5, 5.41) is 0. The third-order valence-corrected chi connectivity index (χ3v) is 5.64. The summed E-state index contributed by atoms with van der Waals surface area (Å²) < 4.78 is 44.9. The second-order valence-electron chi connectivity index (χ2n) is 5.55. The normalized spacial score (nSPS) is 17.5. The molecule has 1 saturated heterocycles. The highest BCUT2D eigenvalue weighted by Gasteiger charge is 2.28. The van der Waals surface area contributed by atoms with Crippen molar-refractivity contribution in [2.45, 2.75) is 18.6 Å². The van der Waals surface area contributed by atoms with Crippen LogP contribution in [0.2, 0.25) is 0 Å². The van der Waals surface area contributed by atoms with Crippen LogP contribution in [-0.2, 0) is 20.5 Å². The molecule has 1 heterocycles. The van der Waals surface area contributed by atoms with Crippen molar-refractivity contribution < 1.29 is 17.5 Å². The predicted molar refractivity (Wildman–Crippen MR) is 84.3 cm³/mol. The van der Waals surface area contributed by atoms with Gasteiger partial charge in [0, 0.05) is 19.7 Å². The second-order valence-corrected chi connectivity index (χ2v) is 7.52. The van der Waals surface area contributed by atoms with Gasteiger partial charge in [-0.1, -0.05) is 18.2 Å². The Hall–Kier alpha value is -1.24. The quantitative estimate of drug-likeness (QED) is 0.571. The van der Waals surface area contributed by atoms with E-state index in [9.17, 15) is 12.8 Å². The zero-order valence-corrected chi connectivity index (χ0v) is 13.4. The Labute approximate surface area is 131 Å². The van der Waals surface area contributed by atoms with Crippen LogP contribution in [0, 0.1) is 11.7 Å². The van der Waals surface area contributed by atoms with Crippen LogP contribution in [0.1, 0.15) is 18.4 Å². The molecule has 0 bridgehead atoms. The minimum absolute atomic E-state index is 0.150. The summed E-state index contributed by atoms with van der Waals surface area (Å²) in [7, 11) is -3.39. The first-order valence-corrected chi connectivity index (χ1v) is 9.03. The van der Waals surface area contributed by atoms with E-state index in [1.54, 1.807) is 12.1 Å². The molecule has 0 atom stereocenters. The SMILES string of the molecule is C=CCOCC1CCN(S(=O)(=O)Cc2cccc(F)c2)CC1. The van der Waals surface area contributed by atoms with Gasteiger partial charge in [-0.2, -0.15) is 0 Å². The fraction of sp³-hybridized carbons (Fsp3) is 0.500. The average molecular weight is 327 g/mol. The van der Waals surface area contributed by atoms with E-state index in [4.69, 9.17) is 4.74 Å². The summed E-state index contributed by atoms with van der Waals surface area (Å²) in [6.07, 6.45) is 3.29. The Morgan fingerprint density at radius 1 is 1.36 bits per heavy atom. The molecular formula is C16H22FNO3S. The number of hydrogen-bond donors (Lipinski definition) is 0. The summed E-state index contributed by atoms with van der Waals surface area (Å²) in [6.45, 7) is 5.76. The van der Waals surface area contributed by atoms with Crippen molar-refractivity contribution in [3.8, 4) is 0 Å². The third-order valence-electron chi connectivity index (χ3n) is 3.79. The van der Waals surface area contributed by atoms with Gasteiger partial charge < -0.3 is 4.74 Å². The smallest absolute Gasteiger partial charge is 0.218 e. The zero-order chi connectivity index (χ0) is 16.0. The number of sulfonamides is 1. The van der Waals surface area contributed by atoms with Gasteiger partial charge >= 0.3 is 0 Å². The zero-order valence-electron chi connectivity index (χ0n) is 12.6. The lowest BCUT2D eigenvalue weighted by molar-refractivity contribution is 0.0982. The number of benzene rings is 1. The molecule has 0 spiro atoms. The van der Waals surface area contributed by atoms with Crippen LogP contribution in [0.5, 0.6) is 0 Å². The number of rotatable bonds is 7. The molecular weight excluding hydrogens is 305 g/mol. The van der Waals surface area contributed by atoms with Crippen LogP contribution in [0.25, 0.3) is 0 Å². The molecule has 0 N–H and O–H groups in total. The molecule has 0 aromatic heterocycles. The molecule has 1 aliphatic rings. The highest BCUT2D eigenvalue weighted by Crippen LogP contribution is 2.22. The molecule has 22 heavy (non-hydrogen) atoms. The summed E-state index contributed by atoms with van der Waals surface area (Å²) in [6, 6.07) is 5.75. The fourth-order valence-corrected chi connectivity index (χ4v) is 4.15. The van der Waals surface area contributed by atoms with Crippen molar-refractivity contribution in [3.05, 3.63) is 48.3 Å². The van der Waals surface area contributed by atoms with Crippen LogP contribution >= 0.6 is 0 Å². The van der Waals surface area contributed by atoms with Gasteiger partial charge in [0.1, 0.15) is 5.82 Å². The van der Waals surface area contributed by atoms with Gasteiger partial charge in [0.25, 0.3) is 0 Å². The topological polar surface area (TPSA) is 46.6 Å². The Morgan fingerprint density at radius 3 is 2.73 bits per heavy atom. The van der Waals surface area contributed by atoms with E-state index in [0.29, 0.717) is 37.8 Å². The molecule has 6 heteroatoms. The van der Waals surface area contributed by atoms with Gasteiger partial charge in [-0.15, -0.1) is 6.58 Å². The molecule has 0 unspecified atom stereocenters. The molecule has 1 fully saturated rings. The Morgan fingerprint density at radius 2 is 2.09 bits per heavy atom. The number of piperidine rings is 1. The van der Waals surface area contributed by atoms with E-state index in [1.807, 2.05) is 0 Å². The highest BCUT2D eigenvalue weighted by molar-refractivity contribution is 7.88. The van der Waals surface area contributed by atoms with Crippen molar-refractivity contribution in [2.75, 3.05) is 26.3 Å². The summed E-state index contributed by atoms with van der Waals surface area (Å²) in [4.78, 5) is 0. The Kier molecular flexibility index (Phi) is 6.11. The van der Waals surface area contributed by atoms with Crippen LogP contribution < -0.4 is 0 Å². The van der Waals surface area contributed by atoms with E-state index < -0.39 is 15.8 Å². The molecule has 2 rings (SSSR count). The van der Waals surface area contributed by atoms with Gasteiger partial charge in [0.05, 0.1) is 12.4 Å². The summed E-state index contributed by atoms with van der Waals surface area (Å²) in [5.41, 5.74) is 0.483. The van der Waals surface area contributed by atoms with E-state index in [-0.39, 0.29) is 5.75 Å². The predicted octanol–water partition coefficient (Wildman–Crippen LogP) is 2.57. The van der Waals surface area contributed by atoms with Gasteiger partial charge in [0.15, 0.2) is 0 Å². The largest absolute Gasteiger partial charge is 0.377 e. The summed E-state index contributed by atoms with van der Waals surface area (Å²) >= 11 is 0. The molecule has 1 aromatic rings. The lowest BCUT2D eigenvalue weighted by Gasteiger charge is -2.31. The Balaban J connectivity index is 1.88. The maximum Gasteiger partial charge on any atom is 0.218 e. The first-order valence-electron chi connectivity index (χ1n) is 7.42. The van der Waals surface area contributed by atoms with Gasteiger partial charge in [-0.25, -0.2) is 17.1 Å². The monoisotopic (exact) mass is 327 g/mol. The minimum Gasteiger partial charge on any atom is -0.377 e. The third kappa shape index (κ3) is 4.90. The molecule has 0 amide bonds. The van der Waals surface area contributed by atoms with Crippen molar-refractivity contribution in [3.63, 3.8) is 0 Å². The van der Waals surface area contributed by atoms with Crippen molar-refractivity contribution in [2.24, 2.45) is 5.92 Å². The molecule has 1 aromatic carbocycles. The molecule has 122 valence electrons. The standard InChI is InChI=1S/C16H22FNO3S/c1-2-10-21-12-14-6-8-18(9-7-14)22(19,20)13-15-4-3-5-16(17)11-15/h2-5,11,14H,1,6-10,12-13H2. The second kappa shape index (κ2) is 7.85. The van der Waals surface area contributed by atoms with Crippen LogP contribution in [0.4, 0.5) is 4.39 Å². The fourth-order valence-electron chi connectivity index (χ4n) is 2.60. The van der Waals surface area contributed by atoms with Crippen molar-refractivity contribution >= 4 is 10.0 Å². The Bertz CT molecular complexity index is 595. The van der Waals surface area contributed by atoms with Gasteiger partial charge in [0.2, 0.25) is 10.0 Å². The van der Waals surface area contributed by atoms with E-state index in [0.717, 1.165) is 12.8 Å². The van der Waals surface area contributed by atoms with E-state index in [2.05, 4.69) is 6.58 Å². The van der Waals surface area contributed by atoms with Gasteiger partial charge in [-0.05, 0) is 36.5 Å². The molecule has 0 radical (unpaired) electrons. The maximum atomic E-state index is 13.2. The van der Waals surface area contributed by atoms with E-state index in [1.165, 1.54) is 22.5 Å². The van der Waals surface area contributed by atoms with Crippen LogP contribution in [0.15, 0.2) is 36.9 Å². The maximum absolute atomic E-state index is 13.2. The highest BCUT2D eigenvalue weighted by atomic mass is 32.2. The van der Waals surface area contributed by atoms with Crippen molar-refractivity contribution in [1.29, 1.82) is 0 Å². The lowest BCUT2D eigenvalue weighted by atomic mass is 9.99. The molecule has 0 saturated carbocycles. The number of nitrogens with zero attached hydrogens (tertiary/aromatic N) is 1. The van der Waals surface area contributed by atoms with Crippen LogP contribution in [0.3, 0.4) is 0 Å². The molecule has 4 nitrogen and oxygen atoms in total. The lowest BCUT2D eigenvalue weighted by Crippen LogP contribution is -2.40. The number of halogens is 1. The average Bonchev–Trinajstić information content (AvgIpc) is 2.47. The molecule has 1 aliphatic heterocycles. The van der Waals surface area contributed by atoms with Crippen LogP contribution in [-0.4, -0.2) is 39.0 Å². The first kappa shape index (κ1) is 17.1. The number of hydrogen-bond acceptors (Lipinski definition) is 3. The number of ether oxygens (including phenoxy) is 1. The van der Waals surface area contributed by atoms with Crippen molar-refractivity contribution in [1.82, 2.24) is 4.31 Å². The van der Waals surface area contributed by atoms with E-state index >= 15 is 0 Å². The van der Waals surface area contributed by atoms with Gasteiger partial charge in [-0.3, -0.25) is 0 Å². The minimum atomic E-state index is -3.39.